The third kappa shape index (κ3) is 3.09. The van der Waals surface area contributed by atoms with Crippen LogP contribution in [-0.4, -0.2) is 6.04 Å². The molecule has 1 atom stereocenters. The number of halogens is 2. The Morgan fingerprint density at radius 3 is 2.93 bits per heavy atom. The van der Waals surface area contributed by atoms with E-state index in [1.54, 1.807) is 12.1 Å². The second-order valence-electron chi connectivity index (χ2n) is 3.01. The predicted molar refractivity (Wildman–Crippen MR) is 56.0 cm³/mol. The van der Waals surface area contributed by atoms with E-state index in [2.05, 4.69) is 15.9 Å². The van der Waals surface area contributed by atoms with Crippen molar-refractivity contribution in [3.05, 3.63) is 34.1 Å². The molecule has 0 saturated heterocycles. The van der Waals surface area contributed by atoms with E-state index in [0.717, 1.165) is 4.47 Å². The highest BCUT2D eigenvalue weighted by Gasteiger charge is 2.05. The molecule has 1 unspecified atom stereocenters. The summed E-state index contributed by atoms with van der Waals surface area (Å²) in [7, 11) is 0. The lowest BCUT2D eigenvalue weighted by molar-refractivity contribution is 0.599. The number of aryl methyl sites for hydroxylation is 1. The minimum Gasteiger partial charge on any atom is -0.316 e. The summed E-state index contributed by atoms with van der Waals surface area (Å²) >= 11 is 3.26. The van der Waals surface area contributed by atoms with Crippen LogP contribution in [0, 0.1) is 17.1 Å². The monoisotopic (exact) mass is 256 g/mol. The third-order valence-corrected chi connectivity index (χ3v) is 2.39. The van der Waals surface area contributed by atoms with E-state index in [9.17, 15) is 4.39 Å². The average Bonchev–Trinajstić information content (AvgIpc) is 2.19. The number of hydrogen-bond donors (Lipinski definition) is 1. The van der Waals surface area contributed by atoms with E-state index in [0.29, 0.717) is 18.4 Å². The molecule has 1 aromatic rings. The van der Waals surface area contributed by atoms with Gasteiger partial charge in [-0.3, -0.25) is 0 Å². The molecular formula is C10H10BrFN2. The maximum absolute atomic E-state index is 13.2. The molecule has 0 aliphatic carbocycles. The van der Waals surface area contributed by atoms with Gasteiger partial charge in [0, 0.05) is 4.47 Å². The van der Waals surface area contributed by atoms with E-state index in [1.807, 2.05) is 6.07 Å². The van der Waals surface area contributed by atoms with Gasteiger partial charge in [-0.25, -0.2) is 4.39 Å². The normalized spacial score (nSPS) is 12.1. The summed E-state index contributed by atoms with van der Waals surface area (Å²) in [5, 5.41) is 8.46. The van der Waals surface area contributed by atoms with Crippen LogP contribution in [0.2, 0.25) is 0 Å². The second-order valence-corrected chi connectivity index (χ2v) is 3.93. The van der Waals surface area contributed by atoms with E-state index in [-0.39, 0.29) is 5.82 Å². The zero-order chi connectivity index (χ0) is 10.6. The van der Waals surface area contributed by atoms with Crippen LogP contribution in [0.4, 0.5) is 4.39 Å². The summed E-state index contributed by atoms with van der Waals surface area (Å²) in [6.07, 6.45) is 0.962. The van der Waals surface area contributed by atoms with Crippen LogP contribution in [0.5, 0.6) is 0 Å². The van der Waals surface area contributed by atoms with Gasteiger partial charge in [0.05, 0.1) is 12.1 Å². The first-order valence-corrected chi connectivity index (χ1v) is 5.02. The smallest absolute Gasteiger partial charge is 0.126 e. The zero-order valence-corrected chi connectivity index (χ0v) is 9.09. The van der Waals surface area contributed by atoms with Gasteiger partial charge >= 0.3 is 0 Å². The molecule has 1 rings (SSSR count). The van der Waals surface area contributed by atoms with Gasteiger partial charge in [0.2, 0.25) is 0 Å². The van der Waals surface area contributed by atoms with Crippen molar-refractivity contribution >= 4 is 15.9 Å². The summed E-state index contributed by atoms with van der Waals surface area (Å²) in [4.78, 5) is 0. The minimum atomic E-state index is -0.520. The van der Waals surface area contributed by atoms with Crippen molar-refractivity contribution in [1.82, 2.24) is 0 Å². The van der Waals surface area contributed by atoms with Crippen LogP contribution < -0.4 is 5.73 Å². The highest BCUT2D eigenvalue weighted by molar-refractivity contribution is 9.10. The lowest BCUT2D eigenvalue weighted by Crippen LogP contribution is -2.18. The Balaban J connectivity index is 2.67. The van der Waals surface area contributed by atoms with E-state index in [1.165, 1.54) is 6.07 Å². The maximum atomic E-state index is 13.2. The van der Waals surface area contributed by atoms with Crippen molar-refractivity contribution in [2.75, 3.05) is 0 Å². The first-order valence-electron chi connectivity index (χ1n) is 4.22. The van der Waals surface area contributed by atoms with Gasteiger partial charge in [0.25, 0.3) is 0 Å². The van der Waals surface area contributed by atoms with Crippen molar-refractivity contribution in [2.24, 2.45) is 5.73 Å². The molecule has 14 heavy (non-hydrogen) atoms. The summed E-state index contributed by atoms with van der Waals surface area (Å²) in [5.74, 6) is -0.252. The molecule has 0 aliphatic rings. The third-order valence-electron chi connectivity index (χ3n) is 1.90. The van der Waals surface area contributed by atoms with Crippen molar-refractivity contribution in [3.63, 3.8) is 0 Å². The number of hydrogen-bond acceptors (Lipinski definition) is 2. The fraction of sp³-hybridized carbons (Fsp3) is 0.300. The Hall–Kier alpha value is -0.920. The Bertz CT molecular complexity index is 360. The first kappa shape index (κ1) is 11.2. The molecule has 2 nitrogen and oxygen atoms in total. The fourth-order valence-corrected chi connectivity index (χ4v) is 1.52. The Kier molecular flexibility index (Phi) is 4.05. The topological polar surface area (TPSA) is 49.8 Å². The molecule has 1 aromatic carbocycles. The van der Waals surface area contributed by atoms with Gasteiger partial charge in [-0.15, -0.1) is 0 Å². The average molecular weight is 257 g/mol. The summed E-state index contributed by atoms with van der Waals surface area (Å²) in [6, 6.07) is 6.14. The van der Waals surface area contributed by atoms with Crippen molar-refractivity contribution < 1.29 is 4.39 Å². The molecule has 0 aromatic heterocycles. The van der Waals surface area contributed by atoms with Gasteiger partial charge in [-0.1, -0.05) is 15.9 Å². The standard InChI is InChI=1S/C10H10BrFN2/c11-8-2-4-10(12)7(5-8)1-3-9(14)6-13/h2,4-5,9H,1,3,14H2. The van der Waals surface area contributed by atoms with Crippen LogP contribution >= 0.6 is 15.9 Å². The molecule has 4 heteroatoms. The molecule has 74 valence electrons. The second kappa shape index (κ2) is 5.08. The Morgan fingerprint density at radius 1 is 1.57 bits per heavy atom. The molecule has 0 radical (unpaired) electrons. The molecule has 0 amide bonds. The molecular weight excluding hydrogens is 247 g/mol. The van der Waals surface area contributed by atoms with Crippen molar-refractivity contribution in [1.29, 1.82) is 5.26 Å². The predicted octanol–water partition coefficient (Wildman–Crippen LogP) is 2.37. The summed E-state index contributed by atoms with van der Waals surface area (Å²) in [6.45, 7) is 0. The van der Waals surface area contributed by atoms with Crippen LogP contribution in [0.25, 0.3) is 0 Å². The lowest BCUT2D eigenvalue weighted by Gasteiger charge is -2.04. The number of benzene rings is 1. The number of nitriles is 1. The van der Waals surface area contributed by atoms with Crippen LogP contribution in [-0.2, 0) is 6.42 Å². The molecule has 0 spiro atoms. The Morgan fingerprint density at radius 2 is 2.29 bits per heavy atom. The fourth-order valence-electron chi connectivity index (χ4n) is 1.11. The quantitative estimate of drug-likeness (QED) is 0.903. The van der Waals surface area contributed by atoms with Crippen LogP contribution in [0.15, 0.2) is 22.7 Å². The maximum Gasteiger partial charge on any atom is 0.126 e. The minimum absolute atomic E-state index is 0.252. The molecule has 2 N–H and O–H groups in total. The first-order chi connectivity index (χ1) is 6.63. The van der Waals surface area contributed by atoms with Crippen LogP contribution in [0.3, 0.4) is 0 Å². The molecule has 0 aliphatic heterocycles. The molecule has 0 bridgehead atoms. The van der Waals surface area contributed by atoms with Gasteiger partial charge in [-0.2, -0.15) is 5.26 Å². The van der Waals surface area contributed by atoms with E-state index in [4.69, 9.17) is 11.0 Å². The molecule has 0 heterocycles. The molecule has 0 saturated carbocycles. The highest BCUT2D eigenvalue weighted by atomic mass is 79.9. The van der Waals surface area contributed by atoms with Crippen LogP contribution in [0.1, 0.15) is 12.0 Å². The van der Waals surface area contributed by atoms with E-state index >= 15 is 0 Å². The van der Waals surface area contributed by atoms with E-state index < -0.39 is 6.04 Å². The summed E-state index contributed by atoms with van der Waals surface area (Å²) in [5.41, 5.74) is 6.00. The van der Waals surface area contributed by atoms with Gasteiger partial charge in [0.1, 0.15) is 5.82 Å². The Labute approximate surface area is 90.7 Å². The highest BCUT2D eigenvalue weighted by Crippen LogP contribution is 2.17. The molecule has 0 fully saturated rings. The largest absolute Gasteiger partial charge is 0.316 e. The number of nitrogens with two attached hydrogens (primary N) is 1. The van der Waals surface area contributed by atoms with Crippen molar-refractivity contribution in [2.45, 2.75) is 18.9 Å². The number of rotatable bonds is 3. The SMILES string of the molecule is N#CC(N)CCc1cc(Br)ccc1F. The lowest BCUT2D eigenvalue weighted by atomic mass is 10.1. The summed E-state index contributed by atoms with van der Waals surface area (Å²) < 4.78 is 14.0. The number of nitrogens with zero attached hydrogens (tertiary/aromatic N) is 1. The zero-order valence-electron chi connectivity index (χ0n) is 7.50. The van der Waals surface area contributed by atoms with Gasteiger partial charge < -0.3 is 5.73 Å². The van der Waals surface area contributed by atoms with Crippen molar-refractivity contribution in [3.8, 4) is 6.07 Å². The van der Waals surface area contributed by atoms with Gasteiger partial charge in [0.15, 0.2) is 0 Å². The van der Waals surface area contributed by atoms with Gasteiger partial charge in [-0.05, 0) is 36.6 Å².